The van der Waals surface area contributed by atoms with Gasteiger partial charge in [-0.1, -0.05) is 0 Å². The molecule has 0 unspecified atom stereocenters. The zero-order chi connectivity index (χ0) is 11.5. The monoisotopic (exact) mass is 212 g/mol. The highest BCUT2D eigenvalue weighted by Gasteiger charge is 2.19. The first kappa shape index (κ1) is 11.5. The molecule has 0 saturated heterocycles. The number of anilines is 1. The number of amides is 1. The summed E-state index contributed by atoms with van der Waals surface area (Å²) in [5.74, 6) is 0.00842. The van der Waals surface area contributed by atoms with E-state index in [-0.39, 0.29) is 11.7 Å². The summed E-state index contributed by atoms with van der Waals surface area (Å²) in [5.41, 5.74) is 5.46. The van der Waals surface area contributed by atoms with Crippen molar-refractivity contribution < 1.29 is 9.53 Å². The fraction of sp³-hybridized carbons (Fsp3) is 0.556. The van der Waals surface area contributed by atoms with E-state index in [2.05, 4.69) is 15.5 Å². The Balaban J connectivity index is 2.55. The summed E-state index contributed by atoms with van der Waals surface area (Å²) in [4.78, 5) is 11.6. The maximum atomic E-state index is 11.6. The molecule has 0 spiro atoms. The Bertz CT molecular complexity index is 346. The van der Waals surface area contributed by atoms with E-state index in [1.54, 1.807) is 7.11 Å². The van der Waals surface area contributed by atoms with Gasteiger partial charge in [0, 0.05) is 13.7 Å². The summed E-state index contributed by atoms with van der Waals surface area (Å²) in [7, 11) is 1.60. The third kappa shape index (κ3) is 2.95. The first-order valence-corrected chi connectivity index (χ1v) is 4.58. The van der Waals surface area contributed by atoms with E-state index in [0.29, 0.717) is 12.1 Å². The topological polar surface area (TPSA) is 93.0 Å². The maximum absolute atomic E-state index is 11.6. The van der Waals surface area contributed by atoms with Crippen molar-refractivity contribution in [3.8, 4) is 0 Å². The number of nitrogens with zero attached hydrogens (tertiary/aromatic N) is 1. The minimum Gasteiger partial charge on any atom is -0.383 e. The largest absolute Gasteiger partial charge is 0.383 e. The van der Waals surface area contributed by atoms with Crippen LogP contribution in [0.5, 0.6) is 0 Å². The van der Waals surface area contributed by atoms with Crippen LogP contribution in [0.25, 0.3) is 0 Å². The van der Waals surface area contributed by atoms with Crippen LogP contribution in [0.1, 0.15) is 24.2 Å². The van der Waals surface area contributed by atoms with E-state index < -0.39 is 5.60 Å². The Labute approximate surface area is 88.2 Å². The molecule has 6 heteroatoms. The highest BCUT2D eigenvalue weighted by atomic mass is 16.5. The summed E-state index contributed by atoms with van der Waals surface area (Å²) in [6, 6.07) is 0. The van der Waals surface area contributed by atoms with Gasteiger partial charge in [-0.25, -0.2) is 0 Å². The summed E-state index contributed by atoms with van der Waals surface area (Å²) in [5, 5.41) is 8.87. The molecule has 1 aromatic rings. The number of nitrogen functional groups attached to an aromatic ring is 1. The molecule has 15 heavy (non-hydrogen) atoms. The number of hydrogen-bond donors (Lipinski definition) is 3. The molecule has 0 aliphatic carbocycles. The van der Waals surface area contributed by atoms with Crippen molar-refractivity contribution in [2.75, 3.05) is 19.4 Å². The second-order valence-corrected chi connectivity index (χ2v) is 3.84. The lowest BCUT2D eigenvalue weighted by Crippen LogP contribution is -2.39. The normalized spacial score (nSPS) is 11.4. The maximum Gasteiger partial charge on any atom is 0.256 e. The summed E-state index contributed by atoms with van der Waals surface area (Å²) in [6.07, 6.45) is 1.39. The summed E-state index contributed by atoms with van der Waals surface area (Å²) in [6.45, 7) is 4.17. The number of hydrogen-bond acceptors (Lipinski definition) is 4. The lowest BCUT2D eigenvalue weighted by Gasteiger charge is -2.22. The number of nitrogens with one attached hydrogen (secondary N) is 2. The van der Waals surface area contributed by atoms with E-state index in [0.717, 1.165) is 0 Å². The Kier molecular flexibility index (Phi) is 3.31. The van der Waals surface area contributed by atoms with Gasteiger partial charge in [-0.3, -0.25) is 9.89 Å². The minimum absolute atomic E-state index is 0.258. The Morgan fingerprint density at radius 1 is 1.73 bits per heavy atom. The Hall–Kier alpha value is -1.56. The van der Waals surface area contributed by atoms with Gasteiger partial charge in [0.25, 0.3) is 5.91 Å². The summed E-state index contributed by atoms with van der Waals surface area (Å²) >= 11 is 0. The van der Waals surface area contributed by atoms with Crippen molar-refractivity contribution in [2.45, 2.75) is 19.4 Å². The van der Waals surface area contributed by atoms with Gasteiger partial charge in [0.15, 0.2) is 0 Å². The van der Waals surface area contributed by atoms with Crippen LogP contribution < -0.4 is 11.1 Å². The van der Waals surface area contributed by atoms with E-state index in [4.69, 9.17) is 10.5 Å². The van der Waals surface area contributed by atoms with Crippen LogP contribution >= 0.6 is 0 Å². The summed E-state index contributed by atoms with van der Waals surface area (Å²) < 4.78 is 5.17. The molecule has 1 rings (SSSR count). The average Bonchev–Trinajstić information content (AvgIpc) is 2.61. The van der Waals surface area contributed by atoms with Gasteiger partial charge in [0.05, 0.1) is 11.8 Å². The highest BCUT2D eigenvalue weighted by Crippen LogP contribution is 2.08. The second-order valence-electron chi connectivity index (χ2n) is 3.84. The van der Waals surface area contributed by atoms with Crippen molar-refractivity contribution in [3.63, 3.8) is 0 Å². The molecule has 84 valence electrons. The number of H-pyrrole nitrogens is 1. The second kappa shape index (κ2) is 4.31. The molecule has 0 radical (unpaired) electrons. The van der Waals surface area contributed by atoms with Gasteiger partial charge in [-0.2, -0.15) is 5.10 Å². The minimum atomic E-state index is -0.395. The van der Waals surface area contributed by atoms with E-state index in [1.165, 1.54) is 6.20 Å². The first-order valence-electron chi connectivity index (χ1n) is 4.58. The molecule has 0 saturated carbocycles. The van der Waals surface area contributed by atoms with Gasteiger partial charge in [-0.05, 0) is 13.8 Å². The lowest BCUT2D eigenvalue weighted by molar-refractivity contribution is 0.0229. The lowest BCUT2D eigenvalue weighted by atomic mass is 10.1. The molecule has 1 heterocycles. The third-order valence-corrected chi connectivity index (χ3v) is 2.14. The van der Waals surface area contributed by atoms with Crippen molar-refractivity contribution in [1.82, 2.24) is 15.5 Å². The molecule has 1 amide bonds. The number of ether oxygens (including phenoxy) is 1. The van der Waals surface area contributed by atoms with Gasteiger partial charge in [-0.15, -0.1) is 0 Å². The number of aromatic amines is 1. The predicted octanol–water partition coefficient (Wildman–Crippen LogP) is 0.147. The molecule has 0 bridgehead atoms. The van der Waals surface area contributed by atoms with Crippen LogP contribution in [0, 0.1) is 0 Å². The van der Waals surface area contributed by atoms with E-state index in [9.17, 15) is 4.79 Å². The Morgan fingerprint density at radius 3 is 2.87 bits per heavy atom. The fourth-order valence-corrected chi connectivity index (χ4v) is 0.938. The quantitative estimate of drug-likeness (QED) is 0.662. The smallest absolute Gasteiger partial charge is 0.256 e. The van der Waals surface area contributed by atoms with Crippen molar-refractivity contribution in [3.05, 3.63) is 11.8 Å². The third-order valence-electron chi connectivity index (χ3n) is 2.14. The number of aromatic nitrogens is 2. The van der Waals surface area contributed by atoms with Crippen LogP contribution in [0.15, 0.2) is 6.20 Å². The molecule has 0 atom stereocenters. The predicted molar refractivity (Wildman–Crippen MR) is 56.4 cm³/mol. The molecule has 4 N–H and O–H groups in total. The molecule has 0 aromatic carbocycles. The van der Waals surface area contributed by atoms with Crippen LogP contribution in [-0.4, -0.2) is 35.4 Å². The van der Waals surface area contributed by atoms with E-state index >= 15 is 0 Å². The number of rotatable bonds is 4. The zero-order valence-electron chi connectivity index (χ0n) is 9.13. The molecule has 6 nitrogen and oxygen atoms in total. The van der Waals surface area contributed by atoms with Gasteiger partial charge in [0.1, 0.15) is 11.4 Å². The standard InChI is InChI=1S/C9H16N4O2/c1-9(2,15-3)5-11-8(14)6-4-12-13-7(6)10/h4H,5H2,1-3H3,(H,11,14)(H3,10,12,13). The van der Waals surface area contributed by atoms with Crippen LogP contribution in [0.3, 0.4) is 0 Å². The van der Waals surface area contributed by atoms with Crippen molar-refractivity contribution >= 4 is 11.7 Å². The van der Waals surface area contributed by atoms with Gasteiger partial charge in [0.2, 0.25) is 0 Å². The molecule has 0 aliphatic heterocycles. The number of methoxy groups -OCH3 is 1. The number of carbonyl (C=O) groups excluding carboxylic acids is 1. The van der Waals surface area contributed by atoms with Gasteiger partial charge < -0.3 is 15.8 Å². The van der Waals surface area contributed by atoms with E-state index in [1.807, 2.05) is 13.8 Å². The highest BCUT2D eigenvalue weighted by molar-refractivity contribution is 5.98. The number of carbonyl (C=O) groups is 1. The van der Waals surface area contributed by atoms with Crippen molar-refractivity contribution in [1.29, 1.82) is 0 Å². The van der Waals surface area contributed by atoms with Crippen LogP contribution in [0.4, 0.5) is 5.82 Å². The molecular formula is C9H16N4O2. The van der Waals surface area contributed by atoms with Crippen LogP contribution in [-0.2, 0) is 4.74 Å². The SMILES string of the molecule is COC(C)(C)CNC(=O)c1cn[nH]c1N. The fourth-order valence-electron chi connectivity index (χ4n) is 0.938. The van der Waals surface area contributed by atoms with Crippen LogP contribution in [0.2, 0.25) is 0 Å². The Morgan fingerprint density at radius 2 is 2.40 bits per heavy atom. The molecule has 1 aromatic heterocycles. The van der Waals surface area contributed by atoms with Gasteiger partial charge >= 0.3 is 0 Å². The first-order chi connectivity index (χ1) is 6.96. The zero-order valence-corrected chi connectivity index (χ0v) is 9.13. The number of nitrogens with two attached hydrogens (primary N) is 1. The molecule has 0 aliphatic rings. The average molecular weight is 212 g/mol. The molecular weight excluding hydrogens is 196 g/mol. The molecule has 0 fully saturated rings. The van der Waals surface area contributed by atoms with Crippen molar-refractivity contribution in [2.24, 2.45) is 0 Å².